The van der Waals surface area contributed by atoms with Gasteiger partial charge in [-0.05, 0) is 55.8 Å². The summed E-state index contributed by atoms with van der Waals surface area (Å²) in [6.07, 6.45) is 1.65. The molecule has 0 saturated carbocycles. The fraction of sp³-hybridized carbons (Fsp3) is 0.381. The maximum absolute atomic E-state index is 12.8. The van der Waals surface area contributed by atoms with Crippen LogP contribution in [0.15, 0.2) is 47.4 Å². The monoisotopic (exact) mass is 438 g/mol. The fourth-order valence-electron chi connectivity index (χ4n) is 3.30. The Morgan fingerprint density at radius 2 is 1.72 bits per heavy atom. The summed E-state index contributed by atoms with van der Waals surface area (Å²) in [5.41, 5.74) is 1.10. The number of nitrogens with one attached hydrogen (secondary N) is 2. The molecule has 2 aromatic carbocycles. The van der Waals surface area contributed by atoms with Crippen LogP contribution in [0.4, 0.5) is 0 Å². The van der Waals surface area contributed by atoms with E-state index < -0.39 is 10.0 Å². The number of ether oxygens (including phenoxy) is 1. The molecule has 0 unspecified atom stereocenters. The van der Waals surface area contributed by atoms with Gasteiger partial charge in [0, 0.05) is 22.5 Å². The Balaban J connectivity index is 2.29. The largest absolute Gasteiger partial charge is 0.495 e. The van der Waals surface area contributed by atoms with Gasteiger partial charge in [-0.25, -0.2) is 13.1 Å². The first-order chi connectivity index (χ1) is 13.7. The molecule has 1 amide bonds. The molecule has 2 aromatic rings. The average Bonchev–Trinajstić information content (AvgIpc) is 2.75. The van der Waals surface area contributed by atoms with Gasteiger partial charge < -0.3 is 10.1 Å². The Kier molecular flexibility index (Phi) is 7.68. The van der Waals surface area contributed by atoms with Crippen LogP contribution in [-0.4, -0.2) is 35.0 Å². The van der Waals surface area contributed by atoms with E-state index in [1.54, 1.807) is 6.07 Å². The molecule has 29 heavy (non-hydrogen) atoms. The van der Waals surface area contributed by atoms with Crippen LogP contribution >= 0.6 is 11.6 Å². The lowest BCUT2D eigenvalue weighted by Gasteiger charge is -2.32. The minimum atomic E-state index is -3.76. The maximum Gasteiger partial charge on any atom is 0.251 e. The van der Waals surface area contributed by atoms with E-state index in [9.17, 15) is 13.2 Å². The lowest BCUT2D eigenvalue weighted by molar-refractivity contribution is 0.0941. The van der Waals surface area contributed by atoms with Crippen LogP contribution in [0.3, 0.4) is 0 Å². The van der Waals surface area contributed by atoms with E-state index in [4.69, 9.17) is 16.3 Å². The smallest absolute Gasteiger partial charge is 0.251 e. The molecule has 158 valence electrons. The Hall–Kier alpha value is -2.09. The van der Waals surface area contributed by atoms with Gasteiger partial charge in [0.05, 0.1) is 7.11 Å². The minimum absolute atomic E-state index is 0.0786. The molecule has 2 N–H and O–H groups in total. The van der Waals surface area contributed by atoms with E-state index in [-0.39, 0.29) is 27.5 Å². The Bertz CT molecular complexity index is 955. The van der Waals surface area contributed by atoms with Crippen molar-refractivity contribution in [2.75, 3.05) is 20.7 Å². The van der Waals surface area contributed by atoms with Crippen molar-refractivity contribution in [1.82, 2.24) is 10.0 Å². The average molecular weight is 439 g/mol. The third-order valence-corrected chi connectivity index (χ3v) is 7.07. The van der Waals surface area contributed by atoms with Crippen LogP contribution in [-0.2, 0) is 15.4 Å². The van der Waals surface area contributed by atoms with Crippen LogP contribution < -0.4 is 14.8 Å². The highest BCUT2D eigenvalue weighted by Gasteiger charge is 2.29. The van der Waals surface area contributed by atoms with Gasteiger partial charge >= 0.3 is 0 Å². The molecule has 2 rings (SSSR count). The van der Waals surface area contributed by atoms with Gasteiger partial charge in [0.15, 0.2) is 0 Å². The zero-order valence-corrected chi connectivity index (χ0v) is 18.7. The van der Waals surface area contributed by atoms with Crippen molar-refractivity contribution in [1.29, 1.82) is 0 Å². The molecule has 0 atom stereocenters. The van der Waals surface area contributed by atoms with Crippen molar-refractivity contribution >= 4 is 27.5 Å². The molecule has 6 nitrogen and oxygen atoms in total. The summed E-state index contributed by atoms with van der Waals surface area (Å²) in [6.45, 7) is 4.57. The van der Waals surface area contributed by atoms with Gasteiger partial charge in [0.25, 0.3) is 5.91 Å². The first-order valence-corrected chi connectivity index (χ1v) is 11.2. The molecule has 0 fully saturated rings. The molecule has 0 spiro atoms. The van der Waals surface area contributed by atoms with Crippen molar-refractivity contribution in [2.24, 2.45) is 0 Å². The lowest BCUT2D eigenvalue weighted by Crippen LogP contribution is -2.40. The quantitative estimate of drug-likeness (QED) is 0.624. The number of carbonyl (C=O) groups is 1. The predicted octanol–water partition coefficient (Wildman–Crippen LogP) is 3.74. The third kappa shape index (κ3) is 5.10. The molecule has 0 saturated heterocycles. The number of hydrogen-bond donors (Lipinski definition) is 2. The summed E-state index contributed by atoms with van der Waals surface area (Å²) in [5.74, 6) is -0.172. The Morgan fingerprint density at radius 1 is 1.10 bits per heavy atom. The van der Waals surface area contributed by atoms with E-state index in [0.717, 1.165) is 18.4 Å². The summed E-state index contributed by atoms with van der Waals surface area (Å²) in [4.78, 5) is 12.7. The van der Waals surface area contributed by atoms with Gasteiger partial charge in [0.2, 0.25) is 10.0 Å². The van der Waals surface area contributed by atoms with Crippen molar-refractivity contribution in [3.63, 3.8) is 0 Å². The first kappa shape index (κ1) is 23.2. The van der Waals surface area contributed by atoms with Crippen LogP contribution in [0, 0.1) is 0 Å². The number of halogens is 1. The number of carbonyl (C=O) groups excluding carboxylic acids is 1. The van der Waals surface area contributed by atoms with Crippen molar-refractivity contribution in [3.8, 4) is 5.75 Å². The molecule has 0 aliphatic heterocycles. The van der Waals surface area contributed by atoms with Gasteiger partial charge in [-0.15, -0.1) is 0 Å². The standard InChI is InChI=1S/C21H27ClN2O4S/c1-5-21(6-2,16-8-10-17(22)11-9-16)14-24-20(25)15-7-12-18(28-4)19(13-15)29(26,27)23-3/h7-13,23H,5-6,14H2,1-4H3,(H,24,25). The van der Waals surface area contributed by atoms with E-state index in [1.807, 2.05) is 24.3 Å². The molecule has 0 bridgehead atoms. The number of benzene rings is 2. The van der Waals surface area contributed by atoms with Gasteiger partial charge in [-0.2, -0.15) is 0 Å². The summed E-state index contributed by atoms with van der Waals surface area (Å²) in [5, 5.41) is 3.62. The van der Waals surface area contributed by atoms with Crippen molar-refractivity contribution in [3.05, 3.63) is 58.6 Å². The second-order valence-corrected chi connectivity index (χ2v) is 9.04. The molecule has 0 aliphatic rings. The lowest BCUT2D eigenvalue weighted by atomic mass is 9.75. The summed E-state index contributed by atoms with van der Waals surface area (Å²) in [7, 11) is -1.07. The molecule has 8 heteroatoms. The normalized spacial score (nSPS) is 11.9. The van der Waals surface area contributed by atoms with Gasteiger partial charge in [-0.1, -0.05) is 37.6 Å². The second-order valence-electron chi connectivity index (χ2n) is 6.75. The van der Waals surface area contributed by atoms with E-state index in [1.165, 1.54) is 26.3 Å². The minimum Gasteiger partial charge on any atom is -0.495 e. The van der Waals surface area contributed by atoms with Crippen LogP contribution in [0.5, 0.6) is 5.75 Å². The summed E-state index contributed by atoms with van der Waals surface area (Å²) in [6, 6.07) is 12.0. The SMILES string of the molecule is CCC(CC)(CNC(=O)c1ccc(OC)c(S(=O)(=O)NC)c1)c1ccc(Cl)cc1. The Morgan fingerprint density at radius 3 is 2.24 bits per heavy atom. The molecule has 0 radical (unpaired) electrons. The third-order valence-electron chi connectivity index (χ3n) is 5.38. The van der Waals surface area contributed by atoms with E-state index >= 15 is 0 Å². The number of methoxy groups -OCH3 is 1. The maximum atomic E-state index is 12.8. The predicted molar refractivity (Wildman–Crippen MR) is 115 cm³/mol. The highest BCUT2D eigenvalue weighted by atomic mass is 35.5. The highest BCUT2D eigenvalue weighted by molar-refractivity contribution is 7.89. The first-order valence-electron chi connectivity index (χ1n) is 9.38. The fourth-order valence-corrected chi connectivity index (χ4v) is 4.35. The van der Waals surface area contributed by atoms with Crippen LogP contribution in [0.2, 0.25) is 5.02 Å². The summed E-state index contributed by atoms with van der Waals surface area (Å²) < 4.78 is 31.9. The zero-order chi connectivity index (χ0) is 21.7. The number of rotatable bonds is 9. The topological polar surface area (TPSA) is 84.5 Å². The molecular formula is C21H27ClN2O4S. The molecule has 0 aromatic heterocycles. The molecular weight excluding hydrogens is 412 g/mol. The number of hydrogen-bond acceptors (Lipinski definition) is 4. The zero-order valence-electron chi connectivity index (χ0n) is 17.1. The van der Waals surface area contributed by atoms with E-state index in [2.05, 4.69) is 23.9 Å². The highest BCUT2D eigenvalue weighted by Crippen LogP contribution is 2.32. The second kappa shape index (κ2) is 9.61. The molecule has 0 aliphatic carbocycles. The van der Waals surface area contributed by atoms with E-state index in [0.29, 0.717) is 11.6 Å². The van der Waals surface area contributed by atoms with Gasteiger partial charge in [-0.3, -0.25) is 4.79 Å². The van der Waals surface area contributed by atoms with Crippen LogP contribution in [0.1, 0.15) is 42.6 Å². The van der Waals surface area contributed by atoms with Crippen molar-refractivity contribution in [2.45, 2.75) is 37.0 Å². The van der Waals surface area contributed by atoms with Gasteiger partial charge in [0.1, 0.15) is 10.6 Å². The molecule has 0 heterocycles. The van der Waals surface area contributed by atoms with Crippen molar-refractivity contribution < 1.29 is 17.9 Å². The summed E-state index contributed by atoms with van der Waals surface area (Å²) >= 11 is 6.01. The number of sulfonamides is 1. The Labute approximate surface area is 177 Å². The van der Waals surface area contributed by atoms with Crippen LogP contribution in [0.25, 0.3) is 0 Å². The number of amides is 1.